The fourth-order valence-corrected chi connectivity index (χ4v) is 1.85. The third-order valence-electron chi connectivity index (χ3n) is 2.55. The number of rotatable bonds is 2. The molecule has 1 aromatic carbocycles. The van der Waals surface area contributed by atoms with Gasteiger partial charge in [-0.05, 0) is 26.0 Å². The van der Waals surface area contributed by atoms with E-state index in [4.69, 9.17) is 11.6 Å². The van der Waals surface area contributed by atoms with E-state index in [9.17, 15) is 9.18 Å². The first-order valence-electron chi connectivity index (χ1n) is 5.27. The minimum Gasteiger partial charge on any atom is -0.319 e. The lowest BCUT2D eigenvalue weighted by Gasteiger charge is -2.07. The number of H-pyrrole nitrogens is 1. The van der Waals surface area contributed by atoms with E-state index < -0.39 is 11.7 Å². The number of aromatic nitrogens is 2. The topological polar surface area (TPSA) is 57.8 Å². The summed E-state index contributed by atoms with van der Waals surface area (Å²) in [4.78, 5) is 12.0. The zero-order valence-corrected chi connectivity index (χ0v) is 10.6. The Bertz CT molecular complexity index is 590. The van der Waals surface area contributed by atoms with Gasteiger partial charge in [-0.3, -0.25) is 9.89 Å². The van der Waals surface area contributed by atoms with Gasteiger partial charge in [0.2, 0.25) is 0 Å². The van der Waals surface area contributed by atoms with Crippen molar-refractivity contribution < 1.29 is 9.18 Å². The SMILES string of the molecule is Cc1n[nH]c(C)c1C(=O)Nc1cccc(Cl)c1F. The predicted molar refractivity (Wildman–Crippen MR) is 67.4 cm³/mol. The minimum absolute atomic E-state index is 0.0339. The normalized spacial score (nSPS) is 10.4. The van der Waals surface area contributed by atoms with Crippen LogP contribution < -0.4 is 5.32 Å². The molecule has 2 aromatic rings. The number of amides is 1. The quantitative estimate of drug-likeness (QED) is 0.878. The molecule has 0 saturated heterocycles. The van der Waals surface area contributed by atoms with Gasteiger partial charge in [0.1, 0.15) is 0 Å². The second-order valence-corrected chi connectivity index (χ2v) is 4.27. The summed E-state index contributed by atoms with van der Waals surface area (Å²) in [5, 5.41) is 9.05. The third kappa shape index (κ3) is 2.22. The highest BCUT2D eigenvalue weighted by atomic mass is 35.5. The second kappa shape index (κ2) is 4.78. The van der Waals surface area contributed by atoms with E-state index in [1.807, 2.05) is 0 Å². The van der Waals surface area contributed by atoms with Crippen molar-refractivity contribution in [3.05, 3.63) is 46.0 Å². The van der Waals surface area contributed by atoms with Crippen molar-refractivity contribution in [3.63, 3.8) is 0 Å². The van der Waals surface area contributed by atoms with Crippen LogP contribution in [0.3, 0.4) is 0 Å². The Hall–Kier alpha value is -1.88. The molecule has 18 heavy (non-hydrogen) atoms. The summed E-state index contributed by atoms with van der Waals surface area (Å²) in [7, 11) is 0. The summed E-state index contributed by atoms with van der Waals surface area (Å²) < 4.78 is 13.6. The first-order chi connectivity index (χ1) is 8.50. The van der Waals surface area contributed by atoms with Crippen molar-refractivity contribution in [2.24, 2.45) is 0 Å². The lowest BCUT2D eigenvalue weighted by atomic mass is 10.2. The maximum Gasteiger partial charge on any atom is 0.259 e. The summed E-state index contributed by atoms with van der Waals surface area (Å²) >= 11 is 5.64. The Morgan fingerprint density at radius 1 is 1.44 bits per heavy atom. The molecule has 1 aromatic heterocycles. The molecule has 0 bridgehead atoms. The molecule has 1 heterocycles. The summed E-state index contributed by atoms with van der Waals surface area (Å²) in [6, 6.07) is 4.43. The van der Waals surface area contributed by atoms with Crippen LogP contribution in [0.1, 0.15) is 21.7 Å². The summed E-state index contributed by atoms with van der Waals surface area (Å²) in [6.45, 7) is 3.43. The van der Waals surface area contributed by atoms with Crippen LogP contribution in [0.4, 0.5) is 10.1 Å². The number of halogens is 2. The van der Waals surface area contributed by atoms with Gasteiger partial charge in [0.15, 0.2) is 5.82 Å². The number of carbonyl (C=O) groups is 1. The van der Waals surface area contributed by atoms with Gasteiger partial charge in [0.05, 0.1) is 22.0 Å². The first kappa shape index (κ1) is 12.6. The van der Waals surface area contributed by atoms with Crippen LogP contribution >= 0.6 is 11.6 Å². The van der Waals surface area contributed by atoms with E-state index in [1.54, 1.807) is 19.9 Å². The molecule has 0 radical (unpaired) electrons. The van der Waals surface area contributed by atoms with Crippen molar-refractivity contribution in [1.29, 1.82) is 0 Å². The summed E-state index contributed by atoms with van der Waals surface area (Å²) in [5.41, 5.74) is 1.65. The fraction of sp³-hybridized carbons (Fsp3) is 0.167. The van der Waals surface area contributed by atoms with Crippen LogP contribution in [0.2, 0.25) is 5.02 Å². The highest BCUT2D eigenvalue weighted by Gasteiger charge is 2.17. The number of aryl methyl sites for hydroxylation is 2. The van der Waals surface area contributed by atoms with E-state index >= 15 is 0 Å². The number of hydrogen-bond donors (Lipinski definition) is 2. The van der Waals surface area contributed by atoms with Gasteiger partial charge in [-0.2, -0.15) is 5.10 Å². The Balaban J connectivity index is 2.30. The molecule has 0 aliphatic rings. The number of anilines is 1. The lowest BCUT2D eigenvalue weighted by Crippen LogP contribution is -2.14. The molecule has 0 aliphatic carbocycles. The molecular formula is C12H11ClFN3O. The second-order valence-electron chi connectivity index (χ2n) is 3.86. The number of nitrogens with zero attached hydrogens (tertiary/aromatic N) is 1. The number of benzene rings is 1. The maximum absolute atomic E-state index is 13.6. The van der Waals surface area contributed by atoms with E-state index in [0.717, 1.165) is 0 Å². The smallest absolute Gasteiger partial charge is 0.259 e. The average Bonchev–Trinajstić information content (AvgIpc) is 2.65. The molecule has 0 spiro atoms. The van der Waals surface area contributed by atoms with Crippen LogP contribution in [0.25, 0.3) is 0 Å². The standard InChI is InChI=1S/C12H11ClFN3O/c1-6-10(7(2)17-16-6)12(18)15-9-5-3-4-8(13)11(9)14/h3-5H,1-2H3,(H,15,18)(H,16,17). The largest absolute Gasteiger partial charge is 0.319 e. The molecule has 4 nitrogen and oxygen atoms in total. The van der Waals surface area contributed by atoms with Gasteiger partial charge < -0.3 is 5.32 Å². The van der Waals surface area contributed by atoms with Gasteiger partial charge in [0, 0.05) is 5.69 Å². The highest BCUT2D eigenvalue weighted by molar-refractivity contribution is 6.31. The van der Waals surface area contributed by atoms with Gasteiger partial charge in [-0.25, -0.2) is 4.39 Å². The van der Waals surface area contributed by atoms with E-state index in [-0.39, 0.29) is 10.7 Å². The van der Waals surface area contributed by atoms with Crippen LogP contribution in [0.15, 0.2) is 18.2 Å². The van der Waals surface area contributed by atoms with Crippen LogP contribution in [0, 0.1) is 19.7 Å². The van der Waals surface area contributed by atoms with Gasteiger partial charge >= 0.3 is 0 Å². The van der Waals surface area contributed by atoms with Gasteiger partial charge in [-0.1, -0.05) is 17.7 Å². The van der Waals surface area contributed by atoms with E-state index in [1.165, 1.54) is 12.1 Å². The molecule has 94 valence electrons. The predicted octanol–water partition coefficient (Wildman–Crippen LogP) is 3.07. The molecule has 0 aliphatic heterocycles. The first-order valence-corrected chi connectivity index (χ1v) is 5.65. The fourth-order valence-electron chi connectivity index (χ4n) is 1.67. The number of nitrogens with one attached hydrogen (secondary N) is 2. The molecule has 2 rings (SSSR count). The van der Waals surface area contributed by atoms with Crippen molar-refractivity contribution in [1.82, 2.24) is 10.2 Å². The molecule has 0 fully saturated rings. The Labute approximate surface area is 108 Å². The maximum atomic E-state index is 13.6. The molecule has 0 saturated carbocycles. The van der Waals surface area contributed by atoms with Gasteiger partial charge in [0.25, 0.3) is 5.91 Å². The van der Waals surface area contributed by atoms with Gasteiger partial charge in [-0.15, -0.1) is 0 Å². The number of carbonyl (C=O) groups excluding carboxylic acids is 1. The van der Waals surface area contributed by atoms with Crippen LogP contribution in [-0.4, -0.2) is 16.1 Å². The Kier molecular flexibility index (Phi) is 3.34. The van der Waals surface area contributed by atoms with Crippen molar-refractivity contribution >= 4 is 23.2 Å². The molecule has 1 amide bonds. The lowest BCUT2D eigenvalue weighted by molar-refractivity contribution is 0.102. The van der Waals surface area contributed by atoms with Crippen molar-refractivity contribution in [3.8, 4) is 0 Å². The monoisotopic (exact) mass is 267 g/mol. The molecule has 2 N–H and O–H groups in total. The minimum atomic E-state index is -0.647. The van der Waals surface area contributed by atoms with E-state index in [0.29, 0.717) is 17.0 Å². The Morgan fingerprint density at radius 3 is 2.78 bits per heavy atom. The number of hydrogen-bond acceptors (Lipinski definition) is 2. The van der Waals surface area contributed by atoms with Crippen LogP contribution in [-0.2, 0) is 0 Å². The molecule has 0 unspecified atom stereocenters. The zero-order valence-electron chi connectivity index (χ0n) is 9.84. The molecular weight excluding hydrogens is 257 g/mol. The zero-order chi connectivity index (χ0) is 13.3. The van der Waals surface area contributed by atoms with Crippen molar-refractivity contribution in [2.45, 2.75) is 13.8 Å². The highest BCUT2D eigenvalue weighted by Crippen LogP contribution is 2.23. The molecule has 6 heteroatoms. The summed E-state index contributed by atoms with van der Waals surface area (Å²) in [5.74, 6) is -1.06. The van der Waals surface area contributed by atoms with Crippen molar-refractivity contribution in [2.75, 3.05) is 5.32 Å². The number of aromatic amines is 1. The summed E-state index contributed by atoms with van der Waals surface area (Å²) in [6.07, 6.45) is 0. The Morgan fingerprint density at radius 2 is 2.17 bits per heavy atom. The molecule has 0 atom stereocenters. The van der Waals surface area contributed by atoms with Crippen LogP contribution in [0.5, 0.6) is 0 Å². The average molecular weight is 268 g/mol. The third-order valence-corrected chi connectivity index (χ3v) is 2.85. The van der Waals surface area contributed by atoms with E-state index in [2.05, 4.69) is 15.5 Å².